The lowest BCUT2D eigenvalue weighted by molar-refractivity contribution is -0.122. The van der Waals surface area contributed by atoms with Gasteiger partial charge in [-0.1, -0.05) is 48.7 Å². The van der Waals surface area contributed by atoms with Crippen LogP contribution in [0.4, 0.5) is 11.4 Å². The number of anilines is 2. The summed E-state index contributed by atoms with van der Waals surface area (Å²) in [5.74, 6) is 5.90. The second kappa shape index (κ2) is 10.0. The van der Waals surface area contributed by atoms with Crippen LogP contribution in [-0.2, 0) is 14.4 Å². The summed E-state index contributed by atoms with van der Waals surface area (Å²) in [6.07, 6.45) is 7.44. The van der Waals surface area contributed by atoms with E-state index in [0.29, 0.717) is 36.9 Å². The van der Waals surface area contributed by atoms with Gasteiger partial charge in [0.2, 0.25) is 11.8 Å². The third-order valence-electron chi connectivity index (χ3n) is 12.3. The van der Waals surface area contributed by atoms with Crippen molar-refractivity contribution in [2.75, 3.05) is 23.4 Å². The van der Waals surface area contributed by atoms with E-state index in [4.69, 9.17) is 0 Å². The molecule has 2 aromatic carbocycles. The highest BCUT2D eigenvalue weighted by Crippen LogP contribution is 2.67. The minimum absolute atomic E-state index is 0.0276. The maximum Gasteiger partial charge on any atom is 0.242 e. The van der Waals surface area contributed by atoms with E-state index < -0.39 is 17.4 Å². The van der Waals surface area contributed by atoms with Gasteiger partial charge in [0, 0.05) is 37.0 Å². The van der Waals surface area contributed by atoms with E-state index in [1.807, 2.05) is 50.4 Å². The molecule has 2 amide bonds. The molecule has 2 aromatic rings. The van der Waals surface area contributed by atoms with E-state index in [1.54, 1.807) is 0 Å². The van der Waals surface area contributed by atoms with Crippen molar-refractivity contribution >= 4 is 29.0 Å². The molecule has 4 aliphatic carbocycles. The lowest BCUT2D eigenvalue weighted by Gasteiger charge is -2.54. The number of imide groups is 1. The number of nitrogens with zero attached hydrogens (tertiary/aromatic N) is 2. The molecule has 45 heavy (non-hydrogen) atoms. The van der Waals surface area contributed by atoms with Gasteiger partial charge in [-0.3, -0.25) is 14.4 Å². The number of benzene rings is 2. The number of rotatable bonds is 2. The average Bonchev–Trinajstić information content (AvgIpc) is 3.44. The van der Waals surface area contributed by atoms with E-state index in [0.717, 1.165) is 48.9 Å². The molecule has 0 radical (unpaired) electrons. The molecule has 1 saturated heterocycles. The average molecular weight is 601 g/mol. The molecule has 6 heteroatoms. The Hall–Kier alpha value is -3.95. The van der Waals surface area contributed by atoms with Gasteiger partial charge in [-0.15, -0.1) is 5.92 Å². The molecule has 230 valence electrons. The molecule has 6 nitrogen and oxygen atoms in total. The van der Waals surface area contributed by atoms with E-state index in [2.05, 4.69) is 41.9 Å². The molecular formula is C39H40N2O4. The first-order chi connectivity index (χ1) is 21.6. The highest BCUT2D eigenvalue weighted by atomic mass is 16.3. The highest BCUT2D eigenvalue weighted by Gasteiger charge is 2.63. The smallest absolute Gasteiger partial charge is 0.242 e. The quantitative estimate of drug-likeness (QED) is 0.335. The normalized spacial score (nSPS) is 35.2. The largest absolute Gasteiger partial charge is 0.377 e. The van der Waals surface area contributed by atoms with Crippen molar-refractivity contribution in [3.63, 3.8) is 0 Å². The van der Waals surface area contributed by atoms with Crippen molar-refractivity contribution in [3.8, 4) is 11.8 Å². The first-order valence-corrected chi connectivity index (χ1v) is 16.6. The Balaban J connectivity index is 1.28. The number of carbonyl (C=O) groups excluding carboxylic acids is 3. The summed E-state index contributed by atoms with van der Waals surface area (Å²) in [4.78, 5) is 43.9. The molecule has 2 aliphatic heterocycles. The molecule has 2 heterocycles. The van der Waals surface area contributed by atoms with Gasteiger partial charge in [-0.2, -0.15) is 0 Å². The summed E-state index contributed by atoms with van der Waals surface area (Å²) in [7, 11) is 2.00. The summed E-state index contributed by atoms with van der Waals surface area (Å²) >= 11 is 0. The van der Waals surface area contributed by atoms with E-state index >= 15 is 0 Å². The number of hydrogen-bond donors (Lipinski definition) is 1. The van der Waals surface area contributed by atoms with Gasteiger partial charge in [-0.05, 0) is 104 Å². The molecule has 1 N–H and O–H groups in total. The number of amides is 2. The van der Waals surface area contributed by atoms with Crippen LogP contribution in [0.15, 0.2) is 71.3 Å². The molecule has 8 rings (SSSR count). The van der Waals surface area contributed by atoms with E-state index in [-0.39, 0.29) is 28.9 Å². The number of ketones is 1. The minimum Gasteiger partial charge on any atom is -0.377 e. The fourth-order valence-corrected chi connectivity index (χ4v) is 10.2. The number of carbonyl (C=O) groups is 3. The summed E-state index contributed by atoms with van der Waals surface area (Å²) in [6, 6.07) is 15.8. The van der Waals surface area contributed by atoms with Crippen molar-refractivity contribution in [2.24, 2.45) is 23.2 Å². The molecule has 0 aromatic heterocycles. The van der Waals surface area contributed by atoms with Gasteiger partial charge in [0.25, 0.3) is 0 Å². The molecule has 6 aliphatic rings. The molecule has 7 atom stereocenters. The lowest BCUT2D eigenvalue weighted by atomic mass is 9.51. The summed E-state index contributed by atoms with van der Waals surface area (Å²) in [5, 5.41) is 12.1. The van der Waals surface area contributed by atoms with Crippen LogP contribution in [0.5, 0.6) is 0 Å². The second-order valence-electron chi connectivity index (χ2n) is 14.4. The SMILES string of the molecule is CC#C[C@]1(O)CC[C@H]2[C@@H]3CCC4=CC(=O)CCC4=C3[C@@H](c3ccc4c(c3)[C@H]3C(=O)N(c5ccccc5)C(=O)[C@H]3CN4C)C[C@@]21C. The maximum absolute atomic E-state index is 14.1. The fourth-order valence-electron chi connectivity index (χ4n) is 10.2. The monoisotopic (exact) mass is 600 g/mol. The Labute approximate surface area is 265 Å². The van der Waals surface area contributed by atoms with Crippen LogP contribution in [0.2, 0.25) is 0 Å². The topological polar surface area (TPSA) is 77.9 Å². The fraction of sp³-hybridized carbons (Fsp3) is 0.462. The van der Waals surface area contributed by atoms with E-state index in [9.17, 15) is 19.5 Å². The van der Waals surface area contributed by atoms with Crippen molar-refractivity contribution < 1.29 is 19.5 Å². The predicted molar refractivity (Wildman–Crippen MR) is 174 cm³/mol. The van der Waals surface area contributed by atoms with Crippen LogP contribution >= 0.6 is 0 Å². The molecule has 0 spiro atoms. The minimum atomic E-state index is -1.05. The first kappa shape index (κ1) is 28.5. The van der Waals surface area contributed by atoms with Gasteiger partial charge < -0.3 is 10.0 Å². The number of aliphatic hydroxyl groups is 1. The molecule has 2 saturated carbocycles. The van der Waals surface area contributed by atoms with Gasteiger partial charge in [-0.25, -0.2) is 4.90 Å². The second-order valence-corrected chi connectivity index (χ2v) is 14.4. The summed E-state index contributed by atoms with van der Waals surface area (Å²) in [5.41, 5.74) is 6.20. The first-order valence-electron chi connectivity index (χ1n) is 16.6. The number of hydrogen-bond acceptors (Lipinski definition) is 5. The summed E-state index contributed by atoms with van der Waals surface area (Å²) < 4.78 is 0. The molecule has 0 unspecified atom stereocenters. The number of allylic oxidation sites excluding steroid dienone is 4. The van der Waals surface area contributed by atoms with Gasteiger partial charge in [0.15, 0.2) is 5.78 Å². The summed E-state index contributed by atoms with van der Waals surface area (Å²) in [6.45, 7) is 4.56. The highest BCUT2D eigenvalue weighted by molar-refractivity contribution is 6.24. The van der Waals surface area contributed by atoms with Gasteiger partial charge in [0.1, 0.15) is 5.60 Å². The van der Waals surface area contributed by atoms with Crippen LogP contribution in [0.3, 0.4) is 0 Å². The molecule has 3 fully saturated rings. The molecule has 0 bridgehead atoms. The third kappa shape index (κ3) is 3.96. The van der Waals surface area contributed by atoms with Crippen molar-refractivity contribution in [1.82, 2.24) is 0 Å². The lowest BCUT2D eigenvalue weighted by Crippen LogP contribution is -2.51. The Morgan fingerprint density at radius 1 is 0.956 bits per heavy atom. The standard InChI is InChI=1S/C39H40N2O4/c1-4-17-39(45)18-16-32-28-13-10-23-19-26(42)12-14-27(23)34(28)30(21-38(32,39)2)24-11-15-33-29(20-24)35-31(22-40(33)3)36(43)41(37(35)44)25-8-6-5-7-9-25/h5-9,11,15,19-20,28,30-32,35,45H,10,12-14,16,18,21-22H2,1-3H3/t28-,30+,31-,32-,35+,38-,39-/m0/s1. The van der Waals surface area contributed by atoms with Crippen molar-refractivity contribution in [1.29, 1.82) is 0 Å². The Morgan fingerprint density at radius 2 is 1.76 bits per heavy atom. The Bertz CT molecular complexity index is 1780. The van der Waals surface area contributed by atoms with Crippen LogP contribution in [0.1, 0.15) is 81.8 Å². The van der Waals surface area contributed by atoms with Crippen LogP contribution in [0, 0.1) is 35.0 Å². The zero-order chi connectivity index (χ0) is 31.2. The van der Waals surface area contributed by atoms with Crippen LogP contribution in [-0.4, -0.2) is 41.9 Å². The van der Waals surface area contributed by atoms with Crippen LogP contribution in [0.25, 0.3) is 0 Å². The van der Waals surface area contributed by atoms with Crippen molar-refractivity contribution in [3.05, 3.63) is 82.5 Å². The Kier molecular flexibility index (Phi) is 6.35. The van der Waals surface area contributed by atoms with Gasteiger partial charge in [0.05, 0.1) is 17.5 Å². The van der Waals surface area contributed by atoms with E-state index in [1.165, 1.54) is 21.6 Å². The zero-order valence-corrected chi connectivity index (χ0v) is 26.3. The van der Waals surface area contributed by atoms with Crippen LogP contribution < -0.4 is 9.80 Å². The maximum atomic E-state index is 14.1. The predicted octanol–water partition coefficient (Wildman–Crippen LogP) is 6.06. The third-order valence-corrected chi connectivity index (χ3v) is 12.3. The van der Waals surface area contributed by atoms with Crippen molar-refractivity contribution in [2.45, 2.75) is 76.2 Å². The number of fused-ring (bicyclic) bond motifs is 7. The zero-order valence-electron chi connectivity index (χ0n) is 26.3. The Morgan fingerprint density at radius 3 is 2.53 bits per heavy atom. The molecular weight excluding hydrogens is 560 g/mol. The van der Waals surface area contributed by atoms with Gasteiger partial charge >= 0.3 is 0 Å². The number of para-hydroxylation sites is 1.